The van der Waals surface area contributed by atoms with E-state index < -0.39 is 5.60 Å². The fraction of sp³-hybridized carbons (Fsp3) is 0.391. The van der Waals surface area contributed by atoms with Gasteiger partial charge in [0.25, 0.3) is 0 Å². The highest BCUT2D eigenvalue weighted by molar-refractivity contribution is 5.71. The molecule has 30 heavy (non-hydrogen) atoms. The molecule has 1 aromatic carbocycles. The van der Waals surface area contributed by atoms with Crippen molar-refractivity contribution in [3.05, 3.63) is 49.1 Å². The van der Waals surface area contributed by atoms with Gasteiger partial charge in [0.15, 0.2) is 0 Å². The van der Waals surface area contributed by atoms with Gasteiger partial charge in [0.05, 0.1) is 12.5 Å². The zero-order valence-electron chi connectivity index (χ0n) is 17.7. The maximum atomic E-state index is 12.3. The lowest BCUT2D eigenvalue weighted by Crippen LogP contribution is -2.51. The van der Waals surface area contributed by atoms with Crippen LogP contribution >= 0.6 is 0 Å². The number of rotatable bonds is 4. The minimum Gasteiger partial charge on any atom is -0.508 e. The lowest BCUT2D eigenvalue weighted by Gasteiger charge is -2.41. The van der Waals surface area contributed by atoms with Crippen LogP contribution in [0.2, 0.25) is 0 Å². The van der Waals surface area contributed by atoms with Gasteiger partial charge in [-0.05, 0) is 44.5 Å². The third-order valence-corrected chi connectivity index (χ3v) is 5.28. The van der Waals surface area contributed by atoms with E-state index in [0.29, 0.717) is 0 Å². The second-order valence-corrected chi connectivity index (χ2v) is 8.78. The monoisotopic (exact) mass is 409 g/mol. The van der Waals surface area contributed by atoms with E-state index in [1.165, 1.54) is 0 Å². The molecule has 0 bridgehead atoms. The summed E-state index contributed by atoms with van der Waals surface area (Å²) in [5, 5.41) is 9.55. The molecule has 1 aliphatic carbocycles. The number of phenolic OH excluding ortho intramolecular Hbond substituents is 1. The first kappa shape index (κ1) is 20.1. The summed E-state index contributed by atoms with van der Waals surface area (Å²) in [6.45, 7) is 5.59. The van der Waals surface area contributed by atoms with Crippen molar-refractivity contribution in [2.24, 2.45) is 0 Å². The number of ether oxygens (including phenoxy) is 2. The molecule has 2 heterocycles. The number of carbonyl (C=O) groups excluding carboxylic acids is 1. The van der Waals surface area contributed by atoms with Crippen LogP contribution in [0, 0.1) is 0 Å². The van der Waals surface area contributed by atoms with Crippen molar-refractivity contribution in [1.82, 2.24) is 14.3 Å². The first-order chi connectivity index (χ1) is 14.2. The Kier molecular flexibility index (Phi) is 5.05. The van der Waals surface area contributed by atoms with Crippen LogP contribution in [0.1, 0.15) is 33.6 Å². The van der Waals surface area contributed by atoms with E-state index in [0.717, 1.165) is 35.2 Å². The number of fused-ring (bicyclic) bond motifs is 1. The second kappa shape index (κ2) is 7.55. The molecule has 7 nitrogen and oxygen atoms in total. The van der Waals surface area contributed by atoms with Gasteiger partial charge in [0.1, 0.15) is 28.7 Å². The molecule has 1 amide bonds. The third-order valence-electron chi connectivity index (χ3n) is 5.28. The van der Waals surface area contributed by atoms with Crippen molar-refractivity contribution >= 4 is 11.6 Å². The minimum atomic E-state index is -0.507. The molecule has 0 unspecified atom stereocenters. The van der Waals surface area contributed by atoms with Crippen LogP contribution < -0.4 is 4.74 Å². The number of amides is 1. The molecular weight excluding hydrogens is 382 g/mol. The molecule has 0 atom stereocenters. The summed E-state index contributed by atoms with van der Waals surface area (Å²) in [5.74, 6) is 0.981. The Morgan fingerprint density at radius 1 is 1.20 bits per heavy atom. The van der Waals surface area contributed by atoms with Crippen molar-refractivity contribution in [3.63, 3.8) is 0 Å². The third kappa shape index (κ3) is 4.20. The van der Waals surface area contributed by atoms with Crippen molar-refractivity contribution in [2.75, 3.05) is 7.05 Å². The van der Waals surface area contributed by atoms with E-state index in [1.807, 2.05) is 49.6 Å². The maximum Gasteiger partial charge on any atom is 0.410 e. The van der Waals surface area contributed by atoms with Crippen molar-refractivity contribution < 1.29 is 19.4 Å². The molecule has 158 valence electrons. The SMILES string of the molecule is CN(C(=O)OC(C)(C)C)[C@H]1C[C@H](Oc2cc(-c3ccc(O)cc3)cn3cncc23)C1. The summed E-state index contributed by atoms with van der Waals surface area (Å²) < 4.78 is 13.7. The number of aromatic nitrogens is 2. The van der Waals surface area contributed by atoms with Gasteiger partial charge in [-0.1, -0.05) is 12.1 Å². The number of hydrogen-bond acceptors (Lipinski definition) is 5. The number of phenols is 1. The highest BCUT2D eigenvalue weighted by Gasteiger charge is 2.37. The van der Waals surface area contributed by atoms with Gasteiger partial charge in [-0.2, -0.15) is 0 Å². The van der Waals surface area contributed by atoms with Gasteiger partial charge in [-0.15, -0.1) is 0 Å². The average molecular weight is 409 g/mol. The summed E-state index contributed by atoms with van der Waals surface area (Å²) in [4.78, 5) is 18.2. The van der Waals surface area contributed by atoms with Gasteiger partial charge in [-0.25, -0.2) is 9.78 Å². The molecule has 1 fully saturated rings. The molecule has 2 aromatic heterocycles. The minimum absolute atomic E-state index is 0.0219. The van der Waals surface area contributed by atoms with E-state index in [9.17, 15) is 9.90 Å². The highest BCUT2D eigenvalue weighted by atomic mass is 16.6. The number of imidazole rings is 1. The van der Waals surface area contributed by atoms with Crippen molar-refractivity contribution in [2.45, 2.75) is 51.4 Å². The average Bonchev–Trinajstić information content (AvgIpc) is 3.11. The lowest BCUT2D eigenvalue weighted by molar-refractivity contribution is -0.00848. The first-order valence-corrected chi connectivity index (χ1v) is 10.1. The van der Waals surface area contributed by atoms with Crippen LogP contribution in [0.15, 0.2) is 49.1 Å². The summed E-state index contributed by atoms with van der Waals surface area (Å²) in [7, 11) is 1.77. The van der Waals surface area contributed by atoms with E-state index in [2.05, 4.69) is 4.98 Å². The van der Waals surface area contributed by atoms with Gasteiger partial charge in [0.2, 0.25) is 0 Å². The van der Waals surface area contributed by atoms with E-state index in [-0.39, 0.29) is 24.0 Å². The van der Waals surface area contributed by atoms with Crippen LogP contribution in [0.3, 0.4) is 0 Å². The molecule has 0 spiro atoms. The van der Waals surface area contributed by atoms with Crippen molar-refractivity contribution in [3.8, 4) is 22.6 Å². The molecule has 1 aliphatic rings. The topological polar surface area (TPSA) is 76.3 Å². The molecule has 1 N–H and O–H groups in total. The number of nitrogens with zero attached hydrogens (tertiary/aromatic N) is 3. The maximum absolute atomic E-state index is 12.3. The zero-order valence-corrected chi connectivity index (χ0v) is 17.7. The quantitative estimate of drug-likeness (QED) is 0.687. The lowest BCUT2D eigenvalue weighted by atomic mass is 9.88. The summed E-state index contributed by atoms with van der Waals surface area (Å²) in [6, 6.07) is 9.16. The summed E-state index contributed by atoms with van der Waals surface area (Å²) >= 11 is 0. The Hall–Kier alpha value is -3.22. The Labute approximate surface area is 175 Å². The highest BCUT2D eigenvalue weighted by Crippen LogP contribution is 2.34. The van der Waals surface area contributed by atoms with Crippen LogP contribution in [0.5, 0.6) is 11.5 Å². The summed E-state index contributed by atoms with van der Waals surface area (Å²) in [6.07, 6.45) is 6.72. The van der Waals surface area contributed by atoms with Gasteiger partial charge < -0.3 is 23.9 Å². The predicted molar refractivity (Wildman–Crippen MR) is 114 cm³/mol. The number of benzene rings is 1. The van der Waals surface area contributed by atoms with Crippen molar-refractivity contribution in [1.29, 1.82) is 0 Å². The second-order valence-electron chi connectivity index (χ2n) is 8.78. The smallest absolute Gasteiger partial charge is 0.410 e. The van der Waals surface area contributed by atoms with Crippen LogP contribution in [-0.4, -0.2) is 50.3 Å². The Bertz CT molecular complexity index is 1050. The number of pyridine rings is 1. The predicted octanol–water partition coefficient (Wildman–Crippen LogP) is 4.48. The zero-order chi connectivity index (χ0) is 21.5. The molecule has 0 saturated heterocycles. The summed E-state index contributed by atoms with van der Waals surface area (Å²) in [5.41, 5.74) is 2.33. The molecular formula is C23H27N3O4. The number of carbonyl (C=O) groups is 1. The van der Waals surface area contributed by atoms with E-state index in [4.69, 9.17) is 9.47 Å². The Balaban J connectivity index is 1.47. The molecule has 4 rings (SSSR count). The number of aromatic hydroxyl groups is 1. The number of hydrogen-bond donors (Lipinski definition) is 1. The largest absolute Gasteiger partial charge is 0.508 e. The normalized spacial score (nSPS) is 18.7. The molecule has 3 aromatic rings. The fourth-order valence-electron chi connectivity index (χ4n) is 3.52. The molecule has 1 saturated carbocycles. The van der Waals surface area contributed by atoms with Crippen LogP contribution in [0.25, 0.3) is 16.6 Å². The molecule has 0 radical (unpaired) electrons. The van der Waals surface area contributed by atoms with E-state index >= 15 is 0 Å². The van der Waals surface area contributed by atoms with Gasteiger partial charge in [-0.3, -0.25) is 0 Å². The first-order valence-electron chi connectivity index (χ1n) is 10.1. The molecule has 0 aliphatic heterocycles. The Morgan fingerprint density at radius 2 is 1.90 bits per heavy atom. The molecule has 7 heteroatoms. The standard InChI is InChI=1S/C23H27N3O4/c1-23(2,3)30-22(28)25(4)17-10-19(11-17)29-21-9-16(13-26-14-24-12-20(21)26)15-5-7-18(27)8-6-15/h5-9,12-14,17,19,27H,10-11H2,1-4H3/t17-,19-. The van der Waals surface area contributed by atoms with Crippen LogP contribution in [0.4, 0.5) is 4.79 Å². The Morgan fingerprint density at radius 3 is 2.57 bits per heavy atom. The van der Waals surface area contributed by atoms with Gasteiger partial charge >= 0.3 is 6.09 Å². The van der Waals surface area contributed by atoms with Gasteiger partial charge in [0, 0.05) is 37.7 Å². The van der Waals surface area contributed by atoms with Crippen LogP contribution in [-0.2, 0) is 4.74 Å². The van der Waals surface area contributed by atoms with E-state index in [1.54, 1.807) is 36.6 Å². The fourth-order valence-corrected chi connectivity index (χ4v) is 3.52.